The SMILES string of the molecule is CCCCOc1c(OCC)cc(C=C2C(=O)OC(C)(C)OC2=O)c(Br)c1Br. The Kier molecular flexibility index (Phi) is 7.33. The van der Waals surface area contributed by atoms with Crippen molar-refractivity contribution in [3.63, 3.8) is 0 Å². The van der Waals surface area contributed by atoms with Crippen LogP contribution in [0.4, 0.5) is 0 Å². The van der Waals surface area contributed by atoms with E-state index in [1.165, 1.54) is 19.9 Å². The van der Waals surface area contributed by atoms with Crippen molar-refractivity contribution in [1.29, 1.82) is 0 Å². The van der Waals surface area contributed by atoms with Crippen molar-refractivity contribution in [1.82, 2.24) is 0 Å². The molecule has 1 fully saturated rings. The molecule has 1 aliphatic heterocycles. The van der Waals surface area contributed by atoms with E-state index in [2.05, 4.69) is 38.8 Å². The highest BCUT2D eigenvalue weighted by Crippen LogP contribution is 2.44. The Labute approximate surface area is 175 Å². The van der Waals surface area contributed by atoms with Crippen LogP contribution < -0.4 is 9.47 Å². The van der Waals surface area contributed by atoms with Gasteiger partial charge in [0.15, 0.2) is 11.5 Å². The molecule has 1 aliphatic rings. The van der Waals surface area contributed by atoms with Crippen molar-refractivity contribution < 1.29 is 28.5 Å². The zero-order valence-corrected chi connectivity index (χ0v) is 18.9. The third kappa shape index (κ3) is 5.25. The third-order valence-electron chi connectivity index (χ3n) is 3.62. The summed E-state index contributed by atoms with van der Waals surface area (Å²) in [4.78, 5) is 24.4. The van der Waals surface area contributed by atoms with Crippen molar-refractivity contribution >= 4 is 49.9 Å². The smallest absolute Gasteiger partial charge is 0.348 e. The zero-order valence-electron chi connectivity index (χ0n) is 15.7. The Morgan fingerprint density at radius 3 is 2.26 bits per heavy atom. The summed E-state index contributed by atoms with van der Waals surface area (Å²) in [7, 11) is 0. The Morgan fingerprint density at radius 1 is 1.07 bits per heavy atom. The molecule has 1 aromatic rings. The van der Waals surface area contributed by atoms with Crippen LogP contribution in [-0.2, 0) is 19.1 Å². The first kappa shape index (κ1) is 21.8. The maximum Gasteiger partial charge on any atom is 0.348 e. The number of ether oxygens (including phenoxy) is 4. The lowest BCUT2D eigenvalue weighted by Crippen LogP contribution is -2.41. The fraction of sp³-hybridized carbons (Fsp3) is 0.474. The first-order valence-corrected chi connectivity index (χ1v) is 10.2. The lowest BCUT2D eigenvalue weighted by Gasteiger charge is -2.29. The fourth-order valence-electron chi connectivity index (χ4n) is 2.36. The van der Waals surface area contributed by atoms with Crippen LogP contribution in [0.25, 0.3) is 6.08 Å². The summed E-state index contributed by atoms with van der Waals surface area (Å²) in [5, 5.41) is 0. The first-order valence-electron chi connectivity index (χ1n) is 8.66. The van der Waals surface area contributed by atoms with Crippen molar-refractivity contribution in [3.05, 3.63) is 26.1 Å². The van der Waals surface area contributed by atoms with Gasteiger partial charge in [0, 0.05) is 18.3 Å². The van der Waals surface area contributed by atoms with Crippen LogP contribution in [-0.4, -0.2) is 30.9 Å². The standard InChI is InChI=1S/C19H22Br2O6/c1-5-7-8-25-16-13(24-6-2)10-11(14(20)15(16)21)9-12-17(22)26-19(3,4)27-18(12)23/h9-10H,5-8H2,1-4H3. The van der Waals surface area contributed by atoms with E-state index in [1.807, 2.05) is 6.92 Å². The maximum absolute atomic E-state index is 12.2. The van der Waals surface area contributed by atoms with E-state index in [-0.39, 0.29) is 5.57 Å². The van der Waals surface area contributed by atoms with Crippen molar-refractivity contribution in [3.8, 4) is 11.5 Å². The molecule has 0 unspecified atom stereocenters. The zero-order chi connectivity index (χ0) is 20.2. The van der Waals surface area contributed by atoms with Gasteiger partial charge in [0.1, 0.15) is 5.57 Å². The first-order chi connectivity index (χ1) is 12.7. The van der Waals surface area contributed by atoms with Crippen LogP contribution in [0, 0.1) is 0 Å². The number of halogens is 2. The maximum atomic E-state index is 12.2. The monoisotopic (exact) mass is 504 g/mol. The molecular weight excluding hydrogens is 484 g/mol. The van der Waals surface area contributed by atoms with E-state index < -0.39 is 17.7 Å². The number of esters is 2. The molecule has 8 heteroatoms. The topological polar surface area (TPSA) is 71.1 Å². The molecule has 1 saturated heterocycles. The van der Waals surface area contributed by atoms with Crippen LogP contribution >= 0.6 is 31.9 Å². The third-order valence-corrected chi connectivity index (χ3v) is 5.76. The van der Waals surface area contributed by atoms with Gasteiger partial charge in [-0.05, 0) is 62.9 Å². The highest BCUT2D eigenvalue weighted by atomic mass is 79.9. The van der Waals surface area contributed by atoms with Crippen LogP contribution in [0.1, 0.15) is 46.1 Å². The molecule has 1 aromatic carbocycles. The number of rotatable bonds is 7. The Balaban J connectivity index is 2.45. The number of hydrogen-bond donors (Lipinski definition) is 0. The van der Waals surface area contributed by atoms with Crippen molar-refractivity contribution in [2.24, 2.45) is 0 Å². The number of carbonyl (C=O) groups is 2. The van der Waals surface area contributed by atoms with Crippen LogP contribution in [0.5, 0.6) is 11.5 Å². The number of hydrogen-bond acceptors (Lipinski definition) is 6. The van der Waals surface area contributed by atoms with E-state index in [0.29, 0.717) is 39.2 Å². The van der Waals surface area contributed by atoms with E-state index in [0.717, 1.165) is 12.8 Å². The normalized spacial score (nSPS) is 15.9. The van der Waals surface area contributed by atoms with Gasteiger partial charge in [-0.3, -0.25) is 0 Å². The molecule has 0 bridgehead atoms. The molecular formula is C19H22Br2O6. The molecule has 2 rings (SSSR count). The quantitative estimate of drug-likeness (QED) is 0.224. The second-order valence-corrected chi connectivity index (χ2v) is 7.88. The van der Waals surface area contributed by atoms with E-state index in [1.54, 1.807) is 6.07 Å². The van der Waals surface area contributed by atoms with Crippen LogP contribution in [0.15, 0.2) is 20.6 Å². The lowest BCUT2D eigenvalue weighted by atomic mass is 10.1. The molecule has 0 atom stereocenters. The minimum absolute atomic E-state index is 0.191. The summed E-state index contributed by atoms with van der Waals surface area (Å²) in [5.41, 5.74) is 0.362. The molecule has 0 aromatic heterocycles. The molecule has 0 amide bonds. The van der Waals surface area contributed by atoms with Gasteiger partial charge < -0.3 is 18.9 Å². The van der Waals surface area contributed by atoms with E-state index in [9.17, 15) is 9.59 Å². The summed E-state index contributed by atoms with van der Waals surface area (Å²) >= 11 is 6.99. The highest BCUT2D eigenvalue weighted by molar-refractivity contribution is 9.13. The average Bonchev–Trinajstić information content (AvgIpc) is 2.57. The molecule has 6 nitrogen and oxygen atoms in total. The summed E-state index contributed by atoms with van der Waals surface area (Å²) in [5.74, 6) is -1.68. The lowest BCUT2D eigenvalue weighted by molar-refractivity contribution is -0.222. The summed E-state index contributed by atoms with van der Waals surface area (Å²) in [6.07, 6.45) is 3.33. The molecule has 1 heterocycles. The van der Waals surface area contributed by atoms with Gasteiger partial charge in [-0.15, -0.1) is 0 Å². The van der Waals surface area contributed by atoms with Gasteiger partial charge in [-0.2, -0.15) is 0 Å². The summed E-state index contributed by atoms with van der Waals surface area (Å²) < 4.78 is 23.1. The number of cyclic esters (lactones) is 2. The highest BCUT2D eigenvalue weighted by Gasteiger charge is 2.39. The van der Waals surface area contributed by atoms with E-state index >= 15 is 0 Å². The Bertz CT molecular complexity index is 748. The fourth-order valence-corrected chi connectivity index (χ4v) is 3.31. The van der Waals surface area contributed by atoms with Gasteiger partial charge in [0.05, 0.1) is 17.7 Å². The molecule has 0 spiro atoms. The van der Waals surface area contributed by atoms with Gasteiger partial charge in [0.25, 0.3) is 5.79 Å². The van der Waals surface area contributed by atoms with Crippen LogP contribution in [0.2, 0.25) is 0 Å². The molecule has 148 valence electrons. The van der Waals surface area contributed by atoms with Crippen LogP contribution in [0.3, 0.4) is 0 Å². The predicted molar refractivity (Wildman–Crippen MR) is 108 cm³/mol. The molecule has 0 aliphatic carbocycles. The molecule has 0 saturated carbocycles. The predicted octanol–water partition coefficient (Wildman–Crippen LogP) is 5.01. The second kappa shape index (κ2) is 9.10. The molecule has 0 N–H and O–H groups in total. The van der Waals surface area contributed by atoms with Gasteiger partial charge >= 0.3 is 11.9 Å². The average molecular weight is 506 g/mol. The Hall–Kier alpha value is -1.54. The van der Waals surface area contributed by atoms with Gasteiger partial charge in [-0.1, -0.05) is 13.3 Å². The van der Waals surface area contributed by atoms with E-state index in [4.69, 9.17) is 18.9 Å². The largest absolute Gasteiger partial charge is 0.490 e. The minimum atomic E-state index is -1.28. The van der Waals surface area contributed by atoms with Crippen molar-refractivity contribution in [2.75, 3.05) is 13.2 Å². The summed E-state index contributed by atoms with van der Waals surface area (Å²) in [6.45, 7) is 7.93. The molecule has 27 heavy (non-hydrogen) atoms. The minimum Gasteiger partial charge on any atom is -0.490 e. The number of unbranched alkanes of at least 4 members (excludes halogenated alkanes) is 1. The van der Waals surface area contributed by atoms with Gasteiger partial charge in [-0.25, -0.2) is 9.59 Å². The second-order valence-electron chi connectivity index (χ2n) is 6.29. The summed E-state index contributed by atoms with van der Waals surface area (Å²) in [6, 6.07) is 1.70. The van der Waals surface area contributed by atoms with Crippen molar-refractivity contribution in [2.45, 2.75) is 46.3 Å². The molecule has 0 radical (unpaired) electrons. The Morgan fingerprint density at radius 2 is 1.70 bits per heavy atom. The van der Waals surface area contributed by atoms with Gasteiger partial charge in [0.2, 0.25) is 0 Å². The number of benzene rings is 1. The number of carbonyl (C=O) groups excluding carboxylic acids is 2.